The van der Waals surface area contributed by atoms with Crippen LogP contribution in [0.15, 0.2) is 97.1 Å². The lowest BCUT2D eigenvalue weighted by molar-refractivity contribution is 0.328. The van der Waals surface area contributed by atoms with Gasteiger partial charge in [-0.25, -0.2) is 0 Å². The van der Waals surface area contributed by atoms with Gasteiger partial charge < -0.3 is 9.79 Å². The molecule has 1 heterocycles. The molecule has 188 valence electrons. The molecule has 5 aromatic rings. The Morgan fingerprint density at radius 2 is 1.54 bits per heavy atom. The van der Waals surface area contributed by atoms with E-state index in [2.05, 4.69) is 38.1 Å². The molecule has 0 amide bonds. The average Bonchev–Trinajstić information content (AvgIpc) is 3.46. The Kier molecular flexibility index (Phi) is 7.53. The molecule has 5 rings (SSSR count). The Labute approximate surface area is 214 Å². The third-order valence-corrected chi connectivity index (χ3v) is 7.76. The van der Waals surface area contributed by atoms with Gasteiger partial charge in [-0.1, -0.05) is 102 Å². The molecule has 1 unspecified atom stereocenters. The lowest BCUT2D eigenvalue weighted by Gasteiger charge is -2.25. The van der Waals surface area contributed by atoms with Crippen LogP contribution in [0, 0.1) is 0 Å². The van der Waals surface area contributed by atoms with Crippen molar-refractivity contribution < 1.29 is 14.4 Å². The fourth-order valence-corrected chi connectivity index (χ4v) is 5.46. The van der Waals surface area contributed by atoms with Crippen LogP contribution in [0.4, 0.5) is 0 Å². The van der Waals surface area contributed by atoms with E-state index < -0.39 is 19.4 Å². The molecule has 0 saturated carbocycles. The molecule has 9 heteroatoms. The summed E-state index contributed by atoms with van der Waals surface area (Å²) in [6.45, 7) is 0. The molecule has 2 atom stereocenters. The zero-order chi connectivity index (χ0) is 25.7. The zero-order valence-corrected chi connectivity index (χ0v) is 21.0. The highest BCUT2D eigenvalue weighted by atomic mass is 31.2. The minimum atomic E-state index is -4.48. The first-order valence-electron chi connectivity index (χ1n) is 12.1. The number of aromatic amines is 1. The number of hydrogen-bond acceptors (Lipinski definition) is 5. The van der Waals surface area contributed by atoms with Gasteiger partial charge in [0.15, 0.2) is 5.82 Å². The van der Waals surface area contributed by atoms with E-state index in [1.54, 1.807) is 0 Å². The van der Waals surface area contributed by atoms with Crippen molar-refractivity contribution in [3.8, 4) is 11.1 Å². The van der Waals surface area contributed by atoms with Gasteiger partial charge in [-0.3, -0.25) is 9.88 Å². The third-order valence-electron chi connectivity index (χ3n) is 6.54. The predicted molar refractivity (Wildman–Crippen MR) is 144 cm³/mol. The summed E-state index contributed by atoms with van der Waals surface area (Å²) < 4.78 is 12.5. The van der Waals surface area contributed by atoms with Gasteiger partial charge in [0.2, 0.25) is 0 Å². The van der Waals surface area contributed by atoms with Gasteiger partial charge in [0.1, 0.15) is 5.78 Å². The van der Waals surface area contributed by atoms with Crippen LogP contribution >= 0.6 is 7.60 Å². The minimum absolute atomic E-state index is 0.250. The van der Waals surface area contributed by atoms with Crippen LogP contribution in [0.3, 0.4) is 0 Å². The first-order valence-corrected chi connectivity index (χ1v) is 13.8. The Morgan fingerprint density at radius 1 is 0.838 bits per heavy atom. The number of aryl methyl sites for hydroxylation is 1. The molecule has 0 spiro atoms. The lowest BCUT2D eigenvalue weighted by atomic mass is 9.99. The normalized spacial score (nSPS) is 13.5. The molecular formula is C28H28N5O3P. The Balaban J connectivity index is 1.35. The molecular weight excluding hydrogens is 485 g/mol. The first kappa shape index (κ1) is 25.0. The van der Waals surface area contributed by atoms with Crippen molar-refractivity contribution >= 4 is 18.4 Å². The van der Waals surface area contributed by atoms with Crippen LogP contribution in [0.1, 0.15) is 29.4 Å². The van der Waals surface area contributed by atoms with E-state index in [4.69, 9.17) is 0 Å². The number of benzene rings is 4. The van der Waals surface area contributed by atoms with Gasteiger partial charge >= 0.3 is 7.60 Å². The maximum absolute atomic E-state index is 12.5. The Hall–Kier alpha value is -3.68. The standard InChI is InChI=1S/C28H28N5O3P/c34-37(35,36)27(18-17-24-11-6-10-23-9-4-5-12-25(23)24)29-26(28-30-32-33-31-28)19-20-13-15-22(16-14-20)21-7-2-1-3-8-21/h1-16,26-27,29H,17-19H2,(H2,34,35,36)(H,30,31,32,33)/t26-,27?/m0/s1. The average molecular weight is 514 g/mol. The van der Waals surface area contributed by atoms with E-state index >= 15 is 0 Å². The highest BCUT2D eigenvalue weighted by Crippen LogP contribution is 2.43. The molecule has 8 nitrogen and oxygen atoms in total. The number of aromatic nitrogens is 4. The van der Waals surface area contributed by atoms with E-state index in [0.29, 0.717) is 18.7 Å². The number of rotatable bonds is 10. The van der Waals surface area contributed by atoms with E-state index in [1.165, 1.54) is 0 Å². The number of fused-ring (bicyclic) bond motifs is 1. The minimum Gasteiger partial charge on any atom is -0.323 e. The Bertz CT molecular complexity index is 1480. The topological polar surface area (TPSA) is 124 Å². The smallest absolute Gasteiger partial charge is 0.323 e. The van der Waals surface area contributed by atoms with Crippen molar-refractivity contribution in [2.75, 3.05) is 0 Å². The molecule has 0 saturated heterocycles. The highest BCUT2D eigenvalue weighted by Gasteiger charge is 2.32. The van der Waals surface area contributed by atoms with Gasteiger partial charge in [-0.2, -0.15) is 5.21 Å². The molecule has 4 N–H and O–H groups in total. The van der Waals surface area contributed by atoms with Gasteiger partial charge in [-0.15, -0.1) is 10.2 Å². The summed E-state index contributed by atoms with van der Waals surface area (Å²) in [5.41, 5.74) is 4.25. The monoisotopic (exact) mass is 513 g/mol. The fraction of sp³-hybridized carbons (Fsp3) is 0.179. The highest BCUT2D eigenvalue weighted by molar-refractivity contribution is 7.52. The Morgan fingerprint density at radius 3 is 2.27 bits per heavy atom. The molecule has 0 aliphatic rings. The van der Waals surface area contributed by atoms with Crippen molar-refractivity contribution in [3.63, 3.8) is 0 Å². The summed E-state index contributed by atoms with van der Waals surface area (Å²) in [5.74, 6) is -0.714. The van der Waals surface area contributed by atoms with Gasteiger partial charge in [0.25, 0.3) is 0 Å². The number of tetrazole rings is 1. The van der Waals surface area contributed by atoms with Crippen LogP contribution in [0.5, 0.6) is 0 Å². The second-order valence-corrected chi connectivity index (χ2v) is 10.8. The summed E-state index contributed by atoms with van der Waals surface area (Å²) >= 11 is 0. The molecule has 0 bridgehead atoms. The van der Waals surface area contributed by atoms with Crippen LogP contribution in [-0.2, 0) is 17.4 Å². The second kappa shape index (κ2) is 11.2. The van der Waals surface area contributed by atoms with Crippen molar-refractivity contribution in [1.29, 1.82) is 0 Å². The molecule has 1 aromatic heterocycles. The predicted octanol–water partition coefficient (Wildman–Crippen LogP) is 5.03. The summed E-state index contributed by atoms with van der Waals surface area (Å²) in [5, 5.41) is 19.7. The van der Waals surface area contributed by atoms with Gasteiger partial charge in [0.05, 0.1) is 6.04 Å². The van der Waals surface area contributed by atoms with E-state index in [0.717, 1.165) is 33.0 Å². The number of hydrogen-bond donors (Lipinski definition) is 4. The molecule has 0 aliphatic carbocycles. The largest absolute Gasteiger partial charge is 0.342 e. The number of H-pyrrole nitrogens is 1. The van der Waals surface area contributed by atoms with E-state index in [9.17, 15) is 14.4 Å². The third kappa shape index (κ3) is 6.18. The maximum Gasteiger partial charge on any atom is 0.342 e. The zero-order valence-electron chi connectivity index (χ0n) is 20.1. The number of nitrogens with one attached hydrogen (secondary N) is 2. The van der Waals surface area contributed by atoms with Crippen molar-refractivity contribution in [2.45, 2.75) is 31.1 Å². The fourth-order valence-electron chi connectivity index (χ4n) is 4.63. The number of nitrogens with zero attached hydrogens (tertiary/aromatic N) is 3. The SMILES string of the molecule is O=P(O)(O)C(CCc1cccc2ccccc12)N[C@@H](Cc1ccc(-c2ccccc2)cc1)c1nn[nH]n1. The van der Waals surface area contributed by atoms with Crippen LogP contribution in [0.25, 0.3) is 21.9 Å². The second-order valence-electron chi connectivity index (χ2n) is 9.04. The molecule has 4 aromatic carbocycles. The van der Waals surface area contributed by atoms with Crippen molar-refractivity contribution in [1.82, 2.24) is 25.9 Å². The van der Waals surface area contributed by atoms with Crippen LogP contribution < -0.4 is 5.32 Å². The van der Waals surface area contributed by atoms with Gasteiger partial charge in [-0.05, 0) is 52.3 Å². The maximum atomic E-state index is 12.5. The molecule has 37 heavy (non-hydrogen) atoms. The molecule has 0 aliphatic heterocycles. The molecule has 0 fully saturated rings. The summed E-state index contributed by atoms with van der Waals surface area (Å²) in [6.07, 6.45) is 1.20. The quantitative estimate of drug-likeness (QED) is 0.193. The summed E-state index contributed by atoms with van der Waals surface area (Å²) in [6, 6.07) is 31.7. The first-order chi connectivity index (χ1) is 18.0. The van der Waals surface area contributed by atoms with Crippen molar-refractivity contribution in [2.24, 2.45) is 0 Å². The summed E-state index contributed by atoms with van der Waals surface area (Å²) in [7, 11) is -4.48. The van der Waals surface area contributed by atoms with E-state index in [-0.39, 0.29) is 6.42 Å². The lowest BCUT2D eigenvalue weighted by Crippen LogP contribution is -2.35. The van der Waals surface area contributed by atoms with Gasteiger partial charge in [0, 0.05) is 0 Å². The molecule has 0 radical (unpaired) electrons. The summed E-state index contributed by atoms with van der Waals surface area (Å²) in [4.78, 5) is 20.5. The van der Waals surface area contributed by atoms with Crippen molar-refractivity contribution in [3.05, 3.63) is 114 Å². The van der Waals surface area contributed by atoms with Crippen LogP contribution in [0.2, 0.25) is 0 Å². The van der Waals surface area contributed by atoms with E-state index in [1.807, 2.05) is 84.9 Å². The van der Waals surface area contributed by atoms with Crippen LogP contribution in [-0.4, -0.2) is 36.2 Å².